The maximum absolute atomic E-state index is 14.1. The van der Waals surface area contributed by atoms with E-state index >= 15 is 0 Å². The van der Waals surface area contributed by atoms with E-state index < -0.39 is 11.7 Å². The Hall–Kier alpha value is -2.53. The quantitative estimate of drug-likeness (QED) is 0.434. The third-order valence-corrected chi connectivity index (χ3v) is 5.54. The molecule has 3 aromatic carbocycles. The number of benzene rings is 3. The molecule has 2 atom stereocenters. The summed E-state index contributed by atoms with van der Waals surface area (Å²) in [5.74, 6) is -0.180. The molecule has 0 heterocycles. The zero-order chi connectivity index (χ0) is 22.3. The summed E-state index contributed by atoms with van der Waals surface area (Å²) in [6, 6.07) is 24.3. The number of aliphatic hydroxyl groups excluding tert-OH is 1. The van der Waals surface area contributed by atoms with E-state index in [1.165, 1.54) is 12.1 Å². The second kappa shape index (κ2) is 10.7. The highest BCUT2D eigenvalue weighted by molar-refractivity contribution is 5.67. The molecule has 0 spiro atoms. The summed E-state index contributed by atoms with van der Waals surface area (Å²) in [6.07, 6.45) is -0.418. The Labute approximate surface area is 184 Å². The third-order valence-electron chi connectivity index (χ3n) is 5.54. The maximum Gasteiger partial charge on any atom is 0.123 e. The number of aliphatic hydroxyl groups is 2. The maximum atomic E-state index is 14.1. The van der Waals surface area contributed by atoms with Crippen molar-refractivity contribution in [2.24, 2.45) is 5.92 Å². The average Bonchev–Trinajstić information content (AvgIpc) is 2.74. The second-order valence-corrected chi connectivity index (χ2v) is 8.68. The zero-order valence-electron chi connectivity index (χ0n) is 18.3. The van der Waals surface area contributed by atoms with Crippen molar-refractivity contribution >= 4 is 0 Å². The normalized spacial score (nSPS) is 14.4. The van der Waals surface area contributed by atoms with Crippen LogP contribution >= 0.6 is 0 Å². The first-order chi connectivity index (χ1) is 14.9. The smallest absolute Gasteiger partial charge is 0.123 e. The molecular weight excluding hydrogens is 389 g/mol. The van der Waals surface area contributed by atoms with Crippen LogP contribution in [0, 0.1) is 11.7 Å². The molecule has 31 heavy (non-hydrogen) atoms. The minimum absolute atomic E-state index is 0.168. The lowest BCUT2D eigenvalue weighted by atomic mass is 9.80. The SMILES string of the molecule is CC(C)CC(O)(Cc1cc(F)ccc1-c1ccccc1)C(O)CNCc1ccccc1. The van der Waals surface area contributed by atoms with E-state index in [9.17, 15) is 14.6 Å². The lowest BCUT2D eigenvalue weighted by Crippen LogP contribution is -2.50. The predicted octanol–water partition coefficient (Wildman–Crippen LogP) is 4.96. The van der Waals surface area contributed by atoms with E-state index in [0.29, 0.717) is 18.5 Å². The van der Waals surface area contributed by atoms with Crippen molar-refractivity contribution < 1.29 is 14.6 Å². The number of halogens is 1. The Morgan fingerprint density at radius 3 is 2.23 bits per heavy atom. The molecule has 3 rings (SSSR count). The molecule has 3 nitrogen and oxygen atoms in total. The van der Waals surface area contributed by atoms with Crippen LogP contribution in [0.1, 0.15) is 31.4 Å². The number of hydrogen-bond donors (Lipinski definition) is 3. The van der Waals surface area contributed by atoms with Crippen LogP contribution < -0.4 is 5.32 Å². The number of hydrogen-bond acceptors (Lipinski definition) is 3. The van der Waals surface area contributed by atoms with E-state index in [1.54, 1.807) is 6.07 Å². The van der Waals surface area contributed by atoms with Crippen LogP contribution in [0.5, 0.6) is 0 Å². The van der Waals surface area contributed by atoms with Gasteiger partial charge in [0.2, 0.25) is 0 Å². The van der Waals surface area contributed by atoms with Crippen LogP contribution in [0.4, 0.5) is 4.39 Å². The van der Waals surface area contributed by atoms with Crippen LogP contribution in [-0.2, 0) is 13.0 Å². The van der Waals surface area contributed by atoms with Gasteiger partial charge in [0.1, 0.15) is 5.82 Å². The van der Waals surface area contributed by atoms with Crippen molar-refractivity contribution in [3.63, 3.8) is 0 Å². The van der Waals surface area contributed by atoms with Gasteiger partial charge in [0.05, 0.1) is 11.7 Å². The van der Waals surface area contributed by atoms with Gasteiger partial charge in [0.15, 0.2) is 0 Å². The molecule has 0 saturated heterocycles. The highest BCUT2D eigenvalue weighted by Crippen LogP contribution is 2.32. The Morgan fingerprint density at radius 2 is 1.58 bits per heavy atom. The molecule has 0 aliphatic heterocycles. The van der Waals surface area contributed by atoms with Crippen molar-refractivity contribution in [1.82, 2.24) is 5.32 Å². The summed E-state index contributed by atoms with van der Waals surface area (Å²) in [4.78, 5) is 0. The van der Waals surface area contributed by atoms with Crippen LogP contribution in [0.2, 0.25) is 0 Å². The summed E-state index contributed by atoms with van der Waals surface area (Å²) >= 11 is 0. The largest absolute Gasteiger partial charge is 0.389 e. The van der Waals surface area contributed by atoms with E-state index in [1.807, 2.05) is 74.5 Å². The van der Waals surface area contributed by atoms with Gasteiger partial charge in [-0.2, -0.15) is 0 Å². The van der Waals surface area contributed by atoms with Gasteiger partial charge in [-0.1, -0.05) is 80.6 Å². The first-order valence-corrected chi connectivity index (χ1v) is 10.9. The van der Waals surface area contributed by atoms with Crippen molar-refractivity contribution in [2.45, 2.75) is 44.9 Å². The molecule has 4 heteroatoms. The van der Waals surface area contributed by atoms with E-state index in [-0.39, 0.29) is 24.7 Å². The number of rotatable bonds is 10. The van der Waals surface area contributed by atoms with Gasteiger partial charge in [0.25, 0.3) is 0 Å². The number of nitrogens with one attached hydrogen (secondary N) is 1. The Balaban J connectivity index is 1.81. The van der Waals surface area contributed by atoms with Crippen molar-refractivity contribution in [1.29, 1.82) is 0 Å². The molecule has 0 aliphatic carbocycles. The molecule has 2 unspecified atom stereocenters. The molecule has 0 bridgehead atoms. The topological polar surface area (TPSA) is 52.5 Å². The van der Waals surface area contributed by atoms with Crippen LogP contribution in [0.25, 0.3) is 11.1 Å². The minimum Gasteiger partial charge on any atom is -0.389 e. The highest BCUT2D eigenvalue weighted by Gasteiger charge is 2.37. The minimum atomic E-state index is -1.38. The molecule has 0 saturated carbocycles. The molecule has 3 aromatic rings. The second-order valence-electron chi connectivity index (χ2n) is 8.68. The molecule has 3 N–H and O–H groups in total. The van der Waals surface area contributed by atoms with Gasteiger partial charge < -0.3 is 15.5 Å². The zero-order valence-corrected chi connectivity index (χ0v) is 18.3. The molecule has 0 aliphatic rings. The first kappa shape index (κ1) is 23.1. The van der Waals surface area contributed by atoms with Crippen molar-refractivity contribution in [3.05, 3.63) is 95.8 Å². The van der Waals surface area contributed by atoms with Crippen LogP contribution in [0.15, 0.2) is 78.9 Å². The summed E-state index contributed by atoms with van der Waals surface area (Å²) in [5, 5.41) is 25.8. The molecule has 164 valence electrons. The van der Waals surface area contributed by atoms with Gasteiger partial charge in [-0.3, -0.25) is 0 Å². The lowest BCUT2D eigenvalue weighted by Gasteiger charge is -2.35. The monoisotopic (exact) mass is 421 g/mol. The van der Waals surface area contributed by atoms with Gasteiger partial charge in [-0.25, -0.2) is 4.39 Å². The fourth-order valence-electron chi connectivity index (χ4n) is 4.11. The van der Waals surface area contributed by atoms with Gasteiger partial charge in [-0.05, 0) is 46.7 Å². The van der Waals surface area contributed by atoms with E-state index in [0.717, 1.165) is 16.7 Å². The summed E-state index contributed by atoms with van der Waals surface area (Å²) < 4.78 is 14.1. The van der Waals surface area contributed by atoms with Crippen molar-refractivity contribution in [2.75, 3.05) is 6.54 Å². The molecule has 0 aromatic heterocycles. The standard InChI is InChI=1S/C27H32FNO2/c1-20(2)16-27(31,26(30)19-29-18-21-9-5-3-6-10-21)17-23-15-24(28)13-14-25(23)22-11-7-4-8-12-22/h3-15,20,26,29-31H,16-19H2,1-2H3. The summed E-state index contributed by atoms with van der Waals surface area (Å²) in [6.45, 7) is 4.87. The van der Waals surface area contributed by atoms with E-state index in [2.05, 4.69) is 5.32 Å². The summed E-state index contributed by atoms with van der Waals surface area (Å²) in [5.41, 5.74) is 2.25. The van der Waals surface area contributed by atoms with Crippen LogP contribution in [-0.4, -0.2) is 28.5 Å². The van der Waals surface area contributed by atoms with Gasteiger partial charge >= 0.3 is 0 Å². The fraction of sp³-hybridized carbons (Fsp3) is 0.333. The predicted molar refractivity (Wildman–Crippen MR) is 124 cm³/mol. The molecular formula is C27H32FNO2. The summed E-state index contributed by atoms with van der Waals surface area (Å²) in [7, 11) is 0. The first-order valence-electron chi connectivity index (χ1n) is 10.9. The van der Waals surface area contributed by atoms with Gasteiger partial charge in [-0.15, -0.1) is 0 Å². The van der Waals surface area contributed by atoms with E-state index in [4.69, 9.17) is 0 Å². The Bertz CT molecular complexity index is 946. The molecule has 0 amide bonds. The lowest BCUT2D eigenvalue weighted by molar-refractivity contribution is -0.0853. The average molecular weight is 422 g/mol. The molecule has 0 fully saturated rings. The Morgan fingerprint density at radius 1 is 0.935 bits per heavy atom. The highest BCUT2D eigenvalue weighted by atomic mass is 19.1. The Kier molecular flexibility index (Phi) is 7.97. The van der Waals surface area contributed by atoms with Crippen LogP contribution in [0.3, 0.4) is 0 Å². The molecule has 0 radical (unpaired) electrons. The van der Waals surface area contributed by atoms with Gasteiger partial charge in [0, 0.05) is 19.5 Å². The van der Waals surface area contributed by atoms with Crippen molar-refractivity contribution in [3.8, 4) is 11.1 Å². The third kappa shape index (κ3) is 6.47. The fourth-order valence-corrected chi connectivity index (χ4v) is 4.11.